The Labute approximate surface area is 110 Å². The lowest BCUT2D eigenvalue weighted by Gasteiger charge is -2.05. The maximum absolute atomic E-state index is 12.1. The van der Waals surface area contributed by atoms with E-state index in [1.807, 2.05) is 0 Å². The Kier molecular flexibility index (Phi) is 3.30. The number of rotatable bonds is 4. The van der Waals surface area contributed by atoms with Crippen molar-refractivity contribution in [1.29, 1.82) is 0 Å². The average molecular weight is 279 g/mol. The highest BCUT2D eigenvalue weighted by Gasteiger charge is 2.19. The summed E-state index contributed by atoms with van der Waals surface area (Å²) in [6, 6.07) is 9.74. The molecule has 3 N–H and O–H groups in total. The predicted octanol–water partition coefficient (Wildman–Crippen LogP) is 0.925. The van der Waals surface area contributed by atoms with E-state index in [1.165, 1.54) is 16.8 Å². The maximum Gasteiger partial charge on any atom is 0.265 e. The molecule has 6 nitrogen and oxygen atoms in total. The molecular formula is C12H13N3O3S. The molecule has 7 heteroatoms. The zero-order valence-electron chi connectivity index (χ0n) is 10.2. The van der Waals surface area contributed by atoms with Crippen LogP contribution < -0.4 is 10.5 Å². The smallest absolute Gasteiger partial charge is 0.265 e. The average Bonchev–Trinajstić information content (AvgIpc) is 2.73. The van der Waals surface area contributed by atoms with Gasteiger partial charge in [-0.25, -0.2) is 8.42 Å². The summed E-state index contributed by atoms with van der Waals surface area (Å²) in [6.45, 7) is 0. The number of amides is 1. The van der Waals surface area contributed by atoms with Crippen LogP contribution in [0.15, 0.2) is 47.5 Å². The van der Waals surface area contributed by atoms with E-state index in [9.17, 15) is 13.2 Å². The van der Waals surface area contributed by atoms with Crippen molar-refractivity contribution < 1.29 is 13.2 Å². The number of carbonyl (C=O) groups excluding carboxylic acids is 1. The van der Waals surface area contributed by atoms with Crippen LogP contribution >= 0.6 is 0 Å². The van der Waals surface area contributed by atoms with Crippen molar-refractivity contribution >= 4 is 21.6 Å². The second-order valence-corrected chi connectivity index (χ2v) is 5.69. The predicted molar refractivity (Wildman–Crippen MR) is 71.2 cm³/mol. The normalized spacial score (nSPS) is 11.2. The number of hydrogen-bond donors (Lipinski definition) is 2. The van der Waals surface area contributed by atoms with Gasteiger partial charge in [-0.15, -0.1) is 0 Å². The number of benzene rings is 1. The molecule has 0 aliphatic heterocycles. The number of primary amides is 1. The topological polar surface area (TPSA) is 94.2 Å². The van der Waals surface area contributed by atoms with Gasteiger partial charge in [0.15, 0.2) is 0 Å². The molecule has 0 saturated carbocycles. The summed E-state index contributed by atoms with van der Waals surface area (Å²) in [5.41, 5.74) is 5.73. The fourth-order valence-electron chi connectivity index (χ4n) is 1.65. The van der Waals surface area contributed by atoms with Gasteiger partial charge in [0.1, 0.15) is 10.6 Å². The summed E-state index contributed by atoms with van der Waals surface area (Å²) in [4.78, 5) is 11.1. The van der Waals surface area contributed by atoms with Crippen molar-refractivity contribution in [3.63, 3.8) is 0 Å². The molecular weight excluding hydrogens is 266 g/mol. The number of carbonyl (C=O) groups is 1. The third-order valence-electron chi connectivity index (χ3n) is 2.57. The number of nitrogens with zero attached hydrogens (tertiary/aromatic N) is 1. The number of nitrogens with one attached hydrogen (secondary N) is 1. The van der Waals surface area contributed by atoms with E-state index in [2.05, 4.69) is 4.72 Å². The zero-order chi connectivity index (χ0) is 14.0. The minimum absolute atomic E-state index is 0.00680. The highest BCUT2D eigenvalue weighted by molar-refractivity contribution is 7.92. The lowest BCUT2D eigenvalue weighted by molar-refractivity contribution is 0.0992. The first-order valence-electron chi connectivity index (χ1n) is 5.44. The third-order valence-corrected chi connectivity index (χ3v) is 3.92. The Bertz CT molecular complexity index is 705. The van der Waals surface area contributed by atoms with Crippen molar-refractivity contribution in [3.05, 3.63) is 48.3 Å². The number of para-hydroxylation sites is 1. The number of nitrogens with two attached hydrogens (primary N) is 1. The molecule has 0 aliphatic carbocycles. The van der Waals surface area contributed by atoms with E-state index in [4.69, 9.17) is 5.73 Å². The number of hydrogen-bond acceptors (Lipinski definition) is 3. The third kappa shape index (κ3) is 2.76. The van der Waals surface area contributed by atoms with Gasteiger partial charge < -0.3 is 10.3 Å². The molecule has 0 aliphatic rings. The Balaban J connectivity index is 2.35. The molecule has 0 spiro atoms. The van der Waals surface area contributed by atoms with Crippen LogP contribution in [0.2, 0.25) is 0 Å². The van der Waals surface area contributed by atoms with Crippen molar-refractivity contribution in [2.75, 3.05) is 4.72 Å². The van der Waals surface area contributed by atoms with E-state index in [1.54, 1.807) is 37.4 Å². The first-order valence-corrected chi connectivity index (χ1v) is 6.92. The van der Waals surface area contributed by atoms with Crippen LogP contribution in [0, 0.1) is 0 Å². The van der Waals surface area contributed by atoms with Crippen LogP contribution in [0.1, 0.15) is 10.5 Å². The summed E-state index contributed by atoms with van der Waals surface area (Å²) in [5, 5.41) is 0. The quantitative estimate of drug-likeness (QED) is 0.871. The summed E-state index contributed by atoms with van der Waals surface area (Å²) in [7, 11) is -2.17. The Morgan fingerprint density at radius 3 is 2.42 bits per heavy atom. The molecule has 0 atom stereocenters. The van der Waals surface area contributed by atoms with E-state index in [-0.39, 0.29) is 10.6 Å². The van der Waals surface area contributed by atoms with Crippen LogP contribution in [-0.2, 0) is 17.1 Å². The standard InChI is InChI=1S/C12H13N3O3S/c1-15-8-10(7-11(15)12(13)16)19(17,18)14-9-5-3-2-4-6-9/h2-8,14H,1H3,(H2,13,16). The molecule has 19 heavy (non-hydrogen) atoms. The first-order chi connectivity index (χ1) is 8.90. The van der Waals surface area contributed by atoms with E-state index in [0.717, 1.165) is 0 Å². The minimum atomic E-state index is -3.73. The molecule has 0 unspecified atom stereocenters. The van der Waals surface area contributed by atoms with Gasteiger partial charge in [0.05, 0.1) is 0 Å². The van der Waals surface area contributed by atoms with Gasteiger partial charge in [-0.05, 0) is 18.2 Å². The second kappa shape index (κ2) is 4.77. The molecule has 0 saturated heterocycles. The van der Waals surface area contributed by atoms with Gasteiger partial charge in [-0.2, -0.15) is 0 Å². The largest absolute Gasteiger partial charge is 0.364 e. The van der Waals surface area contributed by atoms with Crippen LogP contribution in [0.4, 0.5) is 5.69 Å². The first kappa shape index (κ1) is 13.2. The lowest BCUT2D eigenvalue weighted by atomic mass is 10.3. The van der Waals surface area contributed by atoms with Gasteiger partial charge in [-0.1, -0.05) is 18.2 Å². The maximum atomic E-state index is 12.1. The van der Waals surface area contributed by atoms with Crippen LogP contribution in [0.3, 0.4) is 0 Å². The van der Waals surface area contributed by atoms with E-state index in [0.29, 0.717) is 5.69 Å². The van der Waals surface area contributed by atoms with E-state index < -0.39 is 15.9 Å². The van der Waals surface area contributed by atoms with Gasteiger partial charge in [0.2, 0.25) is 0 Å². The summed E-state index contributed by atoms with van der Waals surface area (Å²) < 4.78 is 28.0. The molecule has 0 bridgehead atoms. The molecule has 0 radical (unpaired) electrons. The summed E-state index contributed by atoms with van der Waals surface area (Å²) in [5.74, 6) is -0.677. The molecule has 1 heterocycles. The summed E-state index contributed by atoms with van der Waals surface area (Å²) in [6.07, 6.45) is 1.34. The Morgan fingerprint density at radius 2 is 1.89 bits per heavy atom. The Morgan fingerprint density at radius 1 is 1.26 bits per heavy atom. The minimum Gasteiger partial charge on any atom is -0.364 e. The van der Waals surface area contributed by atoms with Crippen LogP contribution in [-0.4, -0.2) is 18.9 Å². The molecule has 2 aromatic rings. The van der Waals surface area contributed by atoms with Gasteiger partial charge in [0, 0.05) is 18.9 Å². The SMILES string of the molecule is Cn1cc(S(=O)(=O)Nc2ccccc2)cc1C(N)=O. The van der Waals surface area contributed by atoms with Crippen molar-refractivity contribution in [2.24, 2.45) is 12.8 Å². The zero-order valence-corrected chi connectivity index (χ0v) is 11.0. The molecule has 1 amide bonds. The van der Waals surface area contributed by atoms with Crippen molar-refractivity contribution in [3.8, 4) is 0 Å². The molecule has 1 aromatic carbocycles. The highest BCUT2D eigenvalue weighted by atomic mass is 32.2. The number of aromatic nitrogens is 1. The van der Waals surface area contributed by atoms with E-state index >= 15 is 0 Å². The monoisotopic (exact) mass is 279 g/mol. The fraction of sp³-hybridized carbons (Fsp3) is 0.0833. The van der Waals surface area contributed by atoms with Crippen molar-refractivity contribution in [2.45, 2.75) is 4.90 Å². The molecule has 0 fully saturated rings. The number of anilines is 1. The number of sulfonamides is 1. The van der Waals surface area contributed by atoms with Gasteiger partial charge in [-0.3, -0.25) is 9.52 Å². The molecule has 1 aromatic heterocycles. The van der Waals surface area contributed by atoms with Gasteiger partial charge >= 0.3 is 0 Å². The number of aryl methyl sites for hydroxylation is 1. The van der Waals surface area contributed by atoms with Crippen LogP contribution in [0.5, 0.6) is 0 Å². The lowest BCUT2D eigenvalue weighted by Crippen LogP contribution is -2.14. The Hall–Kier alpha value is -2.28. The van der Waals surface area contributed by atoms with Crippen LogP contribution in [0.25, 0.3) is 0 Å². The van der Waals surface area contributed by atoms with Crippen molar-refractivity contribution in [1.82, 2.24) is 4.57 Å². The molecule has 2 rings (SSSR count). The van der Waals surface area contributed by atoms with Gasteiger partial charge in [0.25, 0.3) is 15.9 Å². The summed E-state index contributed by atoms with van der Waals surface area (Å²) >= 11 is 0. The second-order valence-electron chi connectivity index (χ2n) is 4.01. The molecule has 100 valence electrons. The fourth-order valence-corrected chi connectivity index (χ4v) is 2.77. The highest BCUT2D eigenvalue weighted by Crippen LogP contribution is 2.17.